The van der Waals surface area contributed by atoms with Gasteiger partial charge in [0, 0.05) is 29.9 Å². The number of ether oxygens (including phenoxy) is 4. The van der Waals surface area contributed by atoms with Gasteiger partial charge in [-0.2, -0.15) is 0 Å². The molecule has 15 nitrogen and oxygen atoms in total. The Bertz CT molecular complexity index is 2050. The summed E-state index contributed by atoms with van der Waals surface area (Å²) in [5.74, 6) is -0.945. The summed E-state index contributed by atoms with van der Waals surface area (Å²) in [4.78, 5) is 62.6. The van der Waals surface area contributed by atoms with Crippen LogP contribution in [0.4, 0.5) is 4.79 Å². The van der Waals surface area contributed by atoms with Gasteiger partial charge >= 0.3 is 6.09 Å². The molecule has 310 valence electrons. The normalized spacial score (nSPS) is 29.2. The highest BCUT2D eigenvalue weighted by Gasteiger charge is 2.62. The highest BCUT2D eigenvalue weighted by molar-refractivity contribution is 7.91. The first-order valence-electron chi connectivity index (χ1n) is 20.2. The van der Waals surface area contributed by atoms with E-state index in [1.807, 2.05) is 39.8 Å². The highest BCUT2D eigenvalue weighted by Crippen LogP contribution is 2.46. The first-order chi connectivity index (χ1) is 27.1. The molecule has 16 heteroatoms. The van der Waals surface area contributed by atoms with Gasteiger partial charge in [-0.1, -0.05) is 26.8 Å². The molecular formula is C41H55N5O10S. The topological polar surface area (TPSA) is 192 Å². The summed E-state index contributed by atoms with van der Waals surface area (Å²) in [6, 6.07) is 3.32. The van der Waals surface area contributed by atoms with E-state index in [2.05, 4.69) is 21.9 Å². The monoisotopic (exact) mass is 809 g/mol. The lowest BCUT2D eigenvalue weighted by atomic mass is 9.85. The fourth-order valence-corrected chi connectivity index (χ4v) is 10.0. The van der Waals surface area contributed by atoms with Gasteiger partial charge in [-0.25, -0.2) is 18.2 Å². The lowest BCUT2D eigenvalue weighted by Gasteiger charge is -2.35. The van der Waals surface area contributed by atoms with Crippen LogP contribution in [-0.2, 0) is 35.6 Å². The number of rotatable bonds is 9. The van der Waals surface area contributed by atoms with Crippen molar-refractivity contribution >= 4 is 44.7 Å². The van der Waals surface area contributed by atoms with Gasteiger partial charge in [-0.15, -0.1) is 6.58 Å². The number of alkyl carbamates (subject to hydrolysis) is 1. The number of hydrogen-bond donors (Lipinski definition) is 3. The van der Waals surface area contributed by atoms with E-state index in [1.54, 1.807) is 13.2 Å². The molecule has 1 saturated heterocycles. The largest absolute Gasteiger partial charge is 0.496 e. The molecule has 0 unspecified atom stereocenters. The van der Waals surface area contributed by atoms with Crippen molar-refractivity contribution < 1.29 is 46.5 Å². The number of aromatic nitrogens is 1. The summed E-state index contributed by atoms with van der Waals surface area (Å²) >= 11 is 0. The third-order valence-electron chi connectivity index (χ3n) is 12.1. The number of benzene rings is 1. The van der Waals surface area contributed by atoms with E-state index in [4.69, 9.17) is 23.9 Å². The highest BCUT2D eigenvalue weighted by atomic mass is 32.2. The third-order valence-corrected chi connectivity index (χ3v) is 13.9. The number of methoxy groups -OCH3 is 1. The van der Waals surface area contributed by atoms with E-state index in [1.165, 1.54) is 11.0 Å². The van der Waals surface area contributed by atoms with Crippen molar-refractivity contribution in [1.29, 1.82) is 0 Å². The maximum atomic E-state index is 14.8. The Morgan fingerprint density at radius 3 is 2.53 bits per heavy atom. The predicted octanol–water partition coefficient (Wildman–Crippen LogP) is 4.31. The van der Waals surface area contributed by atoms with Gasteiger partial charge in [0.05, 0.1) is 31.0 Å². The van der Waals surface area contributed by atoms with Gasteiger partial charge in [0.25, 0.3) is 5.91 Å². The van der Waals surface area contributed by atoms with E-state index >= 15 is 0 Å². The average Bonchev–Trinajstić information content (AvgIpc) is 4.05. The van der Waals surface area contributed by atoms with E-state index in [9.17, 15) is 27.6 Å². The molecule has 3 aliphatic carbocycles. The number of amides is 4. The van der Waals surface area contributed by atoms with Crippen LogP contribution in [0.2, 0.25) is 0 Å². The summed E-state index contributed by atoms with van der Waals surface area (Å²) in [5, 5.41) is 5.75. The lowest BCUT2D eigenvalue weighted by Crippen LogP contribution is -2.60. The minimum atomic E-state index is -3.91. The van der Waals surface area contributed by atoms with Crippen LogP contribution in [0.25, 0.3) is 10.9 Å². The fourth-order valence-electron chi connectivity index (χ4n) is 8.67. The number of fused-ring (bicyclic) bond motifs is 4. The van der Waals surface area contributed by atoms with Crippen LogP contribution in [0.15, 0.2) is 30.9 Å². The van der Waals surface area contributed by atoms with E-state index in [0.29, 0.717) is 54.2 Å². The number of carbonyl (C=O) groups is 4. The zero-order chi connectivity index (χ0) is 40.9. The summed E-state index contributed by atoms with van der Waals surface area (Å²) in [7, 11) is -2.30. The molecule has 4 fully saturated rings. The minimum absolute atomic E-state index is 0.0241. The van der Waals surface area contributed by atoms with Crippen molar-refractivity contribution in [1.82, 2.24) is 25.2 Å². The predicted molar refractivity (Wildman–Crippen MR) is 210 cm³/mol. The Labute approximate surface area is 334 Å². The molecular weight excluding hydrogens is 755 g/mol. The molecule has 57 heavy (non-hydrogen) atoms. The Morgan fingerprint density at radius 1 is 1.11 bits per heavy atom. The molecule has 2 aliphatic heterocycles. The molecule has 4 amide bonds. The zero-order valence-electron chi connectivity index (χ0n) is 33.4. The number of hydrogen-bond acceptors (Lipinski definition) is 11. The van der Waals surface area contributed by atoms with Gasteiger partial charge in [0.1, 0.15) is 41.3 Å². The second-order valence-corrected chi connectivity index (χ2v) is 19.2. The van der Waals surface area contributed by atoms with E-state index in [0.717, 1.165) is 37.7 Å². The number of nitrogens with one attached hydrogen (secondary N) is 3. The van der Waals surface area contributed by atoms with Crippen LogP contribution in [0.5, 0.6) is 17.4 Å². The maximum Gasteiger partial charge on any atom is 0.408 e. The Kier molecular flexibility index (Phi) is 11.1. The first-order valence-corrected chi connectivity index (χ1v) is 21.7. The van der Waals surface area contributed by atoms with Crippen LogP contribution < -0.4 is 29.6 Å². The maximum absolute atomic E-state index is 14.8. The van der Waals surface area contributed by atoms with Crippen molar-refractivity contribution in [2.45, 2.75) is 127 Å². The average molecular weight is 810 g/mol. The SMILES string of the molecule is C=C[C@H]1C[C@]1(NC(=O)[C@@H]1C[C@@H]2CN1C(=O)[C@H](C(C)(C)C)NC(=O)O[C@@H]1CCC[C@H]1CCCc1cc3c(cc(OCC)nc3cc1OC)O2)C(=O)NS(=O)(=O)C1CC1. The van der Waals surface area contributed by atoms with Gasteiger partial charge in [-0.3, -0.25) is 19.1 Å². The summed E-state index contributed by atoms with van der Waals surface area (Å²) in [6.07, 6.45) is 5.77. The number of pyridine rings is 1. The second kappa shape index (κ2) is 15.6. The second-order valence-electron chi connectivity index (χ2n) is 17.2. The number of aryl methyl sites for hydroxylation is 1. The molecule has 0 radical (unpaired) electrons. The molecule has 5 aliphatic rings. The molecule has 4 bridgehead atoms. The first kappa shape index (κ1) is 40.6. The quantitative estimate of drug-likeness (QED) is 0.306. The molecule has 3 saturated carbocycles. The van der Waals surface area contributed by atoms with Gasteiger partial charge < -0.3 is 34.5 Å². The standard InChI is InChI=1S/C41H55N5O10S/c1-7-25-21-41(25,38(49)45-57(51,52)27-15-16-27)44-36(47)30-18-26-22-46(30)37(48)35(40(3,4)5)43-39(50)56-31-14-10-12-23(31)11-9-13-24-17-28-29(19-32(24)53-6)42-34(54-8-2)20-33(28)55-26/h7,17,19-20,23,25-27,30-31,35H,1,8-16,18,21-22H2,2-6H3,(H,43,50)(H,44,47)(H,45,49)/t23-,25+,26-,30+,31-,35-,41-/m1/s1. The summed E-state index contributed by atoms with van der Waals surface area (Å²) in [5.41, 5.74) is -0.827. The molecule has 2 aromatic rings. The zero-order valence-corrected chi connectivity index (χ0v) is 34.2. The van der Waals surface area contributed by atoms with Gasteiger partial charge in [0.15, 0.2) is 0 Å². The summed E-state index contributed by atoms with van der Waals surface area (Å²) < 4.78 is 52.1. The number of nitrogens with zero attached hydrogens (tertiary/aromatic N) is 2. The van der Waals surface area contributed by atoms with Crippen LogP contribution >= 0.6 is 0 Å². The summed E-state index contributed by atoms with van der Waals surface area (Å²) in [6.45, 7) is 11.4. The van der Waals surface area contributed by atoms with Crippen molar-refractivity contribution in [3.05, 3.63) is 36.4 Å². The van der Waals surface area contributed by atoms with Crippen molar-refractivity contribution in [3.63, 3.8) is 0 Å². The Morgan fingerprint density at radius 2 is 1.86 bits per heavy atom. The van der Waals surface area contributed by atoms with Crippen molar-refractivity contribution in [3.8, 4) is 17.4 Å². The smallest absolute Gasteiger partial charge is 0.408 e. The molecule has 0 spiro atoms. The molecule has 3 N–H and O–H groups in total. The van der Waals surface area contributed by atoms with Crippen LogP contribution in [0, 0.1) is 17.3 Å². The minimum Gasteiger partial charge on any atom is -0.496 e. The van der Waals surface area contributed by atoms with E-state index in [-0.39, 0.29) is 31.4 Å². The van der Waals surface area contributed by atoms with Crippen molar-refractivity contribution in [2.75, 3.05) is 20.3 Å². The Hall–Kier alpha value is -4.60. The van der Waals surface area contributed by atoms with Gasteiger partial charge in [-0.05, 0) is 87.7 Å². The molecule has 7 atom stereocenters. The van der Waals surface area contributed by atoms with Crippen molar-refractivity contribution in [2.24, 2.45) is 17.3 Å². The third kappa shape index (κ3) is 8.37. The van der Waals surface area contributed by atoms with Gasteiger partial charge in [0.2, 0.25) is 27.7 Å². The molecule has 1 aromatic heterocycles. The molecule has 7 rings (SSSR count). The van der Waals surface area contributed by atoms with Crippen LogP contribution in [0.1, 0.15) is 91.0 Å². The lowest BCUT2D eigenvalue weighted by molar-refractivity contribution is -0.143. The van der Waals surface area contributed by atoms with Crippen LogP contribution in [-0.4, -0.2) is 97.5 Å². The fraction of sp³-hybridized carbons (Fsp3) is 0.634. The Balaban J connectivity index is 1.27. The number of sulfonamides is 1. The number of carbonyl (C=O) groups excluding carboxylic acids is 4. The molecule has 3 heterocycles. The molecule has 1 aromatic carbocycles. The van der Waals surface area contributed by atoms with Crippen LogP contribution in [0.3, 0.4) is 0 Å². The van der Waals surface area contributed by atoms with E-state index < -0.39 is 74.1 Å².